The van der Waals surface area contributed by atoms with Gasteiger partial charge in [-0.05, 0) is 12.8 Å². The number of rotatable bonds is 1. The number of carbonyl (C=O) groups is 1. The van der Waals surface area contributed by atoms with Crippen LogP contribution in [0.3, 0.4) is 0 Å². The Morgan fingerprint density at radius 1 is 1.50 bits per heavy atom. The van der Waals surface area contributed by atoms with Gasteiger partial charge in [-0.15, -0.1) is 0 Å². The van der Waals surface area contributed by atoms with Crippen LogP contribution in [0, 0.1) is 0 Å². The molecule has 0 radical (unpaired) electrons. The summed E-state index contributed by atoms with van der Waals surface area (Å²) in [5, 5.41) is 20.2. The third-order valence-electron chi connectivity index (χ3n) is 1.69. The molecule has 10 heavy (non-hydrogen) atoms. The van der Waals surface area contributed by atoms with Crippen molar-refractivity contribution in [2.24, 2.45) is 0 Å². The Kier molecular flexibility index (Phi) is 2.24. The van der Waals surface area contributed by atoms with Crippen molar-refractivity contribution >= 4 is 5.97 Å². The summed E-state index contributed by atoms with van der Waals surface area (Å²) in [6, 6.07) is -0.455. The smallest absolute Gasteiger partial charge is 0.320 e. The Morgan fingerprint density at radius 2 is 2.20 bits per heavy atom. The lowest BCUT2D eigenvalue weighted by molar-refractivity contribution is -0.140. The molecule has 0 spiro atoms. The number of hydrogen-bond donors (Lipinski definition) is 3. The van der Waals surface area contributed by atoms with Gasteiger partial charge in [0, 0.05) is 6.54 Å². The maximum Gasteiger partial charge on any atom is 0.320 e. The Labute approximate surface area is 58.9 Å². The minimum atomic E-state index is -0.827. The summed E-state index contributed by atoms with van der Waals surface area (Å²) in [6.45, 7) is 0.400. The Bertz CT molecular complexity index is 129. The van der Waals surface area contributed by atoms with E-state index in [1.165, 1.54) is 0 Å². The molecule has 58 valence electrons. The molecular formula is C6H11NO3. The highest BCUT2D eigenvalue weighted by molar-refractivity contribution is 5.73. The van der Waals surface area contributed by atoms with Crippen molar-refractivity contribution < 1.29 is 15.0 Å². The lowest BCUT2D eigenvalue weighted by atomic mass is 10.0. The van der Waals surface area contributed by atoms with Gasteiger partial charge in [-0.25, -0.2) is 0 Å². The molecule has 3 N–H and O–H groups in total. The molecule has 0 saturated carbocycles. The summed E-state index contributed by atoms with van der Waals surface area (Å²) in [6.07, 6.45) is 0.746. The van der Waals surface area contributed by atoms with Gasteiger partial charge in [0.05, 0.1) is 6.10 Å². The average molecular weight is 145 g/mol. The van der Waals surface area contributed by atoms with Gasteiger partial charge >= 0.3 is 5.97 Å². The van der Waals surface area contributed by atoms with Crippen molar-refractivity contribution in [1.82, 2.24) is 5.32 Å². The molecule has 4 heteroatoms. The predicted octanol–water partition coefficient (Wildman–Crippen LogP) is -0.816. The highest BCUT2D eigenvalue weighted by Gasteiger charge is 2.23. The van der Waals surface area contributed by atoms with Crippen molar-refractivity contribution in [2.45, 2.75) is 25.0 Å². The summed E-state index contributed by atoms with van der Waals surface area (Å²) in [5.74, 6) is -0.827. The molecule has 0 amide bonds. The number of aliphatic carboxylic acids is 1. The SMILES string of the molecule is O=C(O)[C@@H]1CC[C@@H](O)CN1. The zero-order valence-electron chi connectivity index (χ0n) is 5.58. The standard InChI is InChI=1S/C6H11NO3/c8-4-1-2-5(6(9)10)7-3-4/h4-5,7-8H,1-3H2,(H,9,10)/t4-,5+/m1/s1. The number of carboxylic acid groups (broad SMARTS) is 1. The molecule has 4 nitrogen and oxygen atoms in total. The van der Waals surface area contributed by atoms with Gasteiger partial charge < -0.3 is 15.5 Å². The quantitative estimate of drug-likeness (QED) is 0.451. The van der Waals surface area contributed by atoms with E-state index in [1.807, 2.05) is 0 Å². The molecule has 0 aromatic rings. The normalized spacial score (nSPS) is 33.7. The predicted molar refractivity (Wildman–Crippen MR) is 34.7 cm³/mol. The van der Waals surface area contributed by atoms with Crippen LogP contribution in [0.15, 0.2) is 0 Å². The fourth-order valence-electron chi connectivity index (χ4n) is 1.05. The second-order valence-electron chi connectivity index (χ2n) is 2.53. The number of carboxylic acids is 1. The van der Waals surface area contributed by atoms with Crippen LogP contribution < -0.4 is 5.32 Å². The molecule has 0 unspecified atom stereocenters. The number of aliphatic hydroxyl groups excluding tert-OH is 1. The third kappa shape index (κ3) is 1.68. The first-order chi connectivity index (χ1) is 4.70. The Balaban J connectivity index is 2.33. The average Bonchev–Trinajstić information content (AvgIpc) is 1.88. The van der Waals surface area contributed by atoms with E-state index in [1.54, 1.807) is 0 Å². The van der Waals surface area contributed by atoms with E-state index in [9.17, 15) is 4.79 Å². The van der Waals surface area contributed by atoms with Gasteiger partial charge in [0.2, 0.25) is 0 Å². The number of β-amino-alcohol motifs (C(OH)–C–C–N with tert-alkyl or cyclic N) is 1. The number of hydrogen-bond acceptors (Lipinski definition) is 3. The molecule has 1 rings (SSSR count). The first-order valence-electron chi connectivity index (χ1n) is 3.34. The molecule has 0 aromatic carbocycles. The summed E-state index contributed by atoms with van der Waals surface area (Å²) in [4.78, 5) is 10.3. The first-order valence-corrected chi connectivity index (χ1v) is 3.34. The lowest BCUT2D eigenvalue weighted by Gasteiger charge is -2.23. The fourth-order valence-corrected chi connectivity index (χ4v) is 1.05. The van der Waals surface area contributed by atoms with Crippen molar-refractivity contribution in [2.75, 3.05) is 6.54 Å². The van der Waals surface area contributed by atoms with Crippen molar-refractivity contribution in [1.29, 1.82) is 0 Å². The molecule has 0 aliphatic carbocycles. The minimum Gasteiger partial charge on any atom is -0.480 e. The van der Waals surface area contributed by atoms with Crippen LogP contribution in [0.5, 0.6) is 0 Å². The first kappa shape index (κ1) is 7.50. The van der Waals surface area contributed by atoms with E-state index >= 15 is 0 Å². The van der Waals surface area contributed by atoms with Crippen molar-refractivity contribution in [3.63, 3.8) is 0 Å². The van der Waals surface area contributed by atoms with E-state index in [4.69, 9.17) is 10.2 Å². The molecular weight excluding hydrogens is 134 g/mol. The van der Waals surface area contributed by atoms with Crippen LogP contribution in [0.1, 0.15) is 12.8 Å². The fraction of sp³-hybridized carbons (Fsp3) is 0.833. The van der Waals surface area contributed by atoms with Crippen molar-refractivity contribution in [3.8, 4) is 0 Å². The second-order valence-corrected chi connectivity index (χ2v) is 2.53. The molecule has 0 aromatic heterocycles. The minimum absolute atomic E-state index is 0.365. The van der Waals surface area contributed by atoms with Gasteiger partial charge in [-0.3, -0.25) is 4.79 Å². The van der Waals surface area contributed by atoms with Crippen LogP contribution in [-0.2, 0) is 4.79 Å². The zero-order valence-corrected chi connectivity index (χ0v) is 5.58. The Morgan fingerprint density at radius 3 is 2.60 bits per heavy atom. The van der Waals surface area contributed by atoms with Gasteiger partial charge in [-0.2, -0.15) is 0 Å². The second kappa shape index (κ2) is 2.98. The lowest BCUT2D eigenvalue weighted by Crippen LogP contribution is -2.45. The van der Waals surface area contributed by atoms with E-state index in [-0.39, 0.29) is 6.10 Å². The largest absolute Gasteiger partial charge is 0.480 e. The number of nitrogens with one attached hydrogen (secondary N) is 1. The summed E-state index contributed by atoms with van der Waals surface area (Å²) in [7, 11) is 0. The summed E-state index contributed by atoms with van der Waals surface area (Å²) in [5.41, 5.74) is 0. The van der Waals surface area contributed by atoms with Gasteiger partial charge in [0.15, 0.2) is 0 Å². The maximum absolute atomic E-state index is 10.3. The zero-order chi connectivity index (χ0) is 7.56. The van der Waals surface area contributed by atoms with Gasteiger partial charge in [-0.1, -0.05) is 0 Å². The molecule has 1 fully saturated rings. The molecule has 2 atom stereocenters. The highest BCUT2D eigenvalue weighted by atomic mass is 16.4. The molecule has 0 bridgehead atoms. The van der Waals surface area contributed by atoms with E-state index in [2.05, 4.69) is 5.32 Å². The maximum atomic E-state index is 10.3. The van der Waals surface area contributed by atoms with Gasteiger partial charge in [0.1, 0.15) is 6.04 Å². The van der Waals surface area contributed by atoms with Crippen molar-refractivity contribution in [3.05, 3.63) is 0 Å². The monoisotopic (exact) mass is 145 g/mol. The molecule has 1 aliphatic heterocycles. The molecule has 1 heterocycles. The Hall–Kier alpha value is -0.610. The van der Waals surface area contributed by atoms with Gasteiger partial charge in [0.25, 0.3) is 0 Å². The van der Waals surface area contributed by atoms with E-state index < -0.39 is 12.0 Å². The third-order valence-corrected chi connectivity index (χ3v) is 1.69. The number of aliphatic hydroxyl groups is 1. The van der Waals surface area contributed by atoms with E-state index in [0.29, 0.717) is 19.4 Å². The highest BCUT2D eigenvalue weighted by Crippen LogP contribution is 2.07. The van der Waals surface area contributed by atoms with Crippen LogP contribution >= 0.6 is 0 Å². The summed E-state index contributed by atoms with van der Waals surface area (Å²) < 4.78 is 0. The summed E-state index contributed by atoms with van der Waals surface area (Å²) >= 11 is 0. The van der Waals surface area contributed by atoms with Crippen LogP contribution in [0.4, 0.5) is 0 Å². The molecule has 1 aliphatic rings. The van der Waals surface area contributed by atoms with Crippen LogP contribution in [-0.4, -0.2) is 34.9 Å². The number of piperidine rings is 1. The topological polar surface area (TPSA) is 69.6 Å². The van der Waals surface area contributed by atoms with Crippen LogP contribution in [0.2, 0.25) is 0 Å². The molecule has 1 saturated heterocycles. The van der Waals surface area contributed by atoms with Crippen LogP contribution in [0.25, 0.3) is 0 Å². The van der Waals surface area contributed by atoms with E-state index in [0.717, 1.165) is 0 Å².